The SMILES string of the molecule is Cc1ccc2c(c1)C(=O)c1cnc(/C=C/c3ccccc3)cc1-2. The van der Waals surface area contributed by atoms with Crippen LogP contribution in [-0.4, -0.2) is 10.8 Å². The second-order valence-corrected chi connectivity index (χ2v) is 5.78. The van der Waals surface area contributed by atoms with Gasteiger partial charge in [-0.25, -0.2) is 0 Å². The Morgan fingerprint density at radius 2 is 1.65 bits per heavy atom. The minimum absolute atomic E-state index is 0.0739. The second-order valence-electron chi connectivity index (χ2n) is 5.78. The van der Waals surface area contributed by atoms with Crippen molar-refractivity contribution in [2.24, 2.45) is 0 Å². The van der Waals surface area contributed by atoms with Gasteiger partial charge in [-0.2, -0.15) is 0 Å². The number of aryl methyl sites for hydroxylation is 1. The number of pyridine rings is 1. The Balaban J connectivity index is 1.75. The van der Waals surface area contributed by atoms with Crippen molar-refractivity contribution in [2.45, 2.75) is 6.92 Å². The zero-order valence-corrected chi connectivity index (χ0v) is 12.8. The van der Waals surface area contributed by atoms with Crippen LogP contribution in [0.15, 0.2) is 60.8 Å². The van der Waals surface area contributed by atoms with E-state index in [-0.39, 0.29) is 5.78 Å². The summed E-state index contributed by atoms with van der Waals surface area (Å²) in [5, 5.41) is 0. The van der Waals surface area contributed by atoms with Gasteiger partial charge in [0.2, 0.25) is 0 Å². The van der Waals surface area contributed by atoms with Crippen LogP contribution in [0.5, 0.6) is 0 Å². The Bertz CT molecular complexity index is 939. The normalized spacial score (nSPS) is 12.5. The van der Waals surface area contributed by atoms with E-state index in [4.69, 9.17) is 0 Å². The molecule has 2 heteroatoms. The number of aromatic nitrogens is 1. The molecule has 2 nitrogen and oxygen atoms in total. The summed E-state index contributed by atoms with van der Waals surface area (Å²) in [6.07, 6.45) is 5.70. The van der Waals surface area contributed by atoms with Gasteiger partial charge in [0.25, 0.3) is 0 Å². The highest BCUT2D eigenvalue weighted by Gasteiger charge is 2.26. The molecular formula is C21H15NO. The van der Waals surface area contributed by atoms with Gasteiger partial charge in [-0.1, -0.05) is 54.1 Å². The minimum Gasteiger partial charge on any atom is -0.289 e. The average Bonchev–Trinajstić information content (AvgIpc) is 2.86. The summed E-state index contributed by atoms with van der Waals surface area (Å²) in [5.41, 5.74) is 6.55. The lowest BCUT2D eigenvalue weighted by Crippen LogP contribution is -1.96. The van der Waals surface area contributed by atoms with Crippen LogP contribution in [0.4, 0.5) is 0 Å². The first kappa shape index (κ1) is 13.6. The van der Waals surface area contributed by atoms with Crippen molar-refractivity contribution < 1.29 is 4.79 Å². The molecule has 0 unspecified atom stereocenters. The zero-order chi connectivity index (χ0) is 15.8. The molecule has 0 fully saturated rings. The molecular weight excluding hydrogens is 282 g/mol. The largest absolute Gasteiger partial charge is 0.289 e. The number of hydrogen-bond acceptors (Lipinski definition) is 2. The van der Waals surface area contributed by atoms with Crippen LogP contribution < -0.4 is 0 Å². The first-order valence-electron chi connectivity index (χ1n) is 7.61. The molecule has 0 aliphatic heterocycles. The molecule has 0 bridgehead atoms. The highest BCUT2D eigenvalue weighted by atomic mass is 16.1. The van der Waals surface area contributed by atoms with E-state index in [0.29, 0.717) is 5.56 Å². The average molecular weight is 297 g/mol. The molecule has 0 N–H and O–H groups in total. The molecule has 0 atom stereocenters. The predicted molar refractivity (Wildman–Crippen MR) is 93.2 cm³/mol. The van der Waals surface area contributed by atoms with Gasteiger partial charge < -0.3 is 0 Å². The van der Waals surface area contributed by atoms with Crippen molar-refractivity contribution in [1.82, 2.24) is 4.98 Å². The summed E-state index contributed by atoms with van der Waals surface area (Å²) in [6, 6.07) is 18.1. The molecule has 0 amide bonds. The summed E-state index contributed by atoms with van der Waals surface area (Å²) in [4.78, 5) is 16.9. The van der Waals surface area contributed by atoms with Gasteiger partial charge in [0, 0.05) is 17.3 Å². The van der Waals surface area contributed by atoms with Gasteiger partial charge in [0.05, 0.1) is 5.69 Å². The van der Waals surface area contributed by atoms with Crippen LogP contribution in [-0.2, 0) is 0 Å². The zero-order valence-electron chi connectivity index (χ0n) is 12.8. The van der Waals surface area contributed by atoms with E-state index in [9.17, 15) is 4.79 Å². The maximum absolute atomic E-state index is 12.5. The summed E-state index contributed by atoms with van der Waals surface area (Å²) in [5.74, 6) is 0.0739. The highest BCUT2D eigenvalue weighted by molar-refractivity contribution is 6.21. The number of fused-ring (bicyclic) bond motifs is 3. The number of hydrogen-bond donors (Lipinski definition) is 0. The molecule has 2 aromatic carbocycles. The molecule has 0 radical (unpaired) electrons. The van der Waals surface area contributed by atoms with Gasteiger partial charge in [-0.15, -0.1) is 0 Å². The maximum atomic E-state index is 12.5. The molecule has 23 heavy (non-hydrogen) atoms. The summed E-state index contributed by atoms with van der Waals surface area (Å²) < 4.78 is 0. The van der Waals surface area contributed by atoms with Crippen LogP contribution in [0.3, 0.4) is 0 Å². The highest BCUT2D eigenvalue weighted by Crippen LogP contribution is 2.37. The number of benzene rings is 2. The maximum Gasteiger partial charge on any atom is 0.195 e. The van der Waals surface area contributed by atoms with E-state index < -0.39 is 0 Å². The Morgan fingerprint density at radius 3 is 2.48 bits per heavy atom. The number of ketones is 1. The molecule has 1 heterocycles. The fraction of sp³-hybridized carbons (Fsp3) is 0.0476. The predicted octanol–water partition coefficient (Wildman–Crippen LogP) is 4.77. The summed E-state index contributed by atoms with van der Waals surface area (Å²) >= 11 is 0. The summed E-state index contributed by atoms with van der Waals surface area (Å²) in [7, 11) is 0. The lowest BCUT2D eigenvalue weighted by Gasteiger charge is -2.01. The number of carbonyl (C=O) groups is 1. The monoisotopic (exact) mass is 297 g/mol. The van der Waals surface area contributed by atoms with E-state index in [1.807, 2.05) is 73.7 Å². The Morgan fingerprint density at radius 1 is 0.826 bits per heavy atom. The van der Waals surface area contributed by atoms with E-state index in [1.165, 1.54) is 0 Å². The first-order chi connectivity index (χ1) is 11.2. The van der Waals surface area contributed by atoms with Crippen LogP contribution in [0, 0.1) is 6.92 Å². The van der Waals surface area contributed by atoms with Gasteiger partial charge in [-0.05, 0) is 41.8 Å². The molecule has 110 valence electrons. The molecule has 0 spiro atoms. The van der Waals surface area contributed by atoms with Crippen LogP contribution in [0.2, 0.25) is 0 Å². The Labute approximate surface area is 135 Å². The van der Waals surface area contributed by atoms with Crippen molar-refractivity contribution in [3.8, 4) is 11.1 Å². The third-order valence-electron chi connectivity index (χ3n) is 4.13. The smallest absolute Gasteiger partial charge is 0.195 e. The fourth-order valence-electron chi connectivity index (χ4n) is 2.94. The number of nitrogens with zero attached hydrogens (tertiary/aromatic N) is 1. The molecule has 1 aliphatic rings. The van der Waals surface area contributed by atoms with Crippen molar-refractivity contribution in [2.75, 3.05) is 0 Å². The van der Waals surface area contributed by atoms with E-state index in [0.717, 1.165) is 33.5 Å². The third kappa shape index (κ3) is 2.38. The third-order valence-corrected chi connectivity index (χ3v) is 4.13. The van der Waals surface area contributed by atoms with Crippen molar-refractivity contribution >= 4 is 17.9 Å². The number of carbonyl (C=O) groups excluding carboxylic acids is 1. The molecule has 1 aliphatic carbocycles. The van der Waals surface area contributed by atoms with Gasteiger partial charge in [-0.3, -0.25) is 9.78 Å². The van der Waals surface area contributed by atoms with Crippen LogP contribution in [0.25, 0.3) is 23.3 Å². The van der Waals surface area contributed by atoms with Crippen molar-refractivity contribution in [1.29, 1.82) is 0 Å². The topological polar surface area (TPSA) is 30.0 Å². The second kappa shape index (κ2) is 5.33. The molecule has 4 rings (SSSR count). The molecule has 3 aromatic rings. The Kier molecular flexibility index (Phi) is 3.16. The quantitative estimate of drug-likeness (QED) is 0.533. The van der Waals surface area contributed by atoms with Crippen LogP contribution in [0.1, 0.15) is 32.7 Å². The number of rotatable bonds is 2. The molecule has 0 saturated carbocycles. The van der Waals surface area contributed by atoms with Crippen molar-refractivity contribution in [3.05, 3.63) is 88.7 Å². The van der Waals surface area contributed by atoms with Crippen LogP contribution >= 0.6 is 0 Å². The van der Waals surface area contributed by atoms with Gasteiger partial charge in [0.1, 0.15) is 0 Å². The molecule has 0 saturated heterocycles. The lowest BCUT2D eigenvalue weighted by atomic mass is 10.0. The minimum atomic E-state index is 0.0739. The van der Waals surface area contributed by atoms with E-state index in [1.54, 1.807) is 6.20 Å². The lowest BCUT2D eigenvalue weighted by molar-refractivity contribution is 0.104. The molecule has 1 aromatic heterocycles. The summed E-state index contributed by atoms with van der Waals surface area (Å²) in [6.45, 7) is 2.00. The Hall–Kier alpha value is -3.00. The standard InChI is InChI=1S/C21H15NO/c1-14-7-10-17-18-12-16(9-8-15-5-3-2-4-6-15)22-13-20(18)21(23)19(17)11-14/h2-13H,1H3/b9-8+. The van der Waals surface area contributed by atoms with Gasteiger partial charge >= 0.3 is 0 Å². The van der Waals surface area contributed by atoms with E-state index >= 15 is 0 Å². The van der Waals surface area contributed by atoms with Gasteiger partial charge in [0.15, 0.2) is 5.78 Å². The van der Waals surface area contributed by atoms with Crippen molar-refractivity contribution in [3.63, 3.8) is 0 Å². The fourth-order valence-corrected chi connectivity index (χ4v) is 2.94. The van der Waals surface area contributed by atoms with E-state index in [2.05, 4.69) is 4.98 Å². The first-order valence-corrected chi connectivity index (χ1v) is 7.61.